The molecule has 0 bridgehead atoms. The number of nitrogens with one attached hydrogen (secondary N) is 1. The molecule has 0 spiro atoms. The van der Waals surface area contributed by atoms with Crippen molar-refractivity contribution in [1.82, 2.24) is 0 Å². The Labute approximate surface area is 171 Å². The van der Waals surface area contributed by atoms with E-state index in [1.807, 2.05) is 0 Å². The molecule has 0 aliphatic heterocycles. The number of amides is 1. The van der Waals surface area contributed by atoms with E-state index in [0.717, 1.165) is 12.5 Å². The lowest BCUT2D eigenvalue weighted by atomic mass is 10.2. The topological polar surface area (TPSA) is 101 Å². The molecule has 0 fully saturated rings. The second kappa shape index (κ2) is 8.41. The SMILES string of the molecule is CS(=O)(=O)N(c1ccc(NC(=O)/C=C/c2ccc(F)cc2)cc1Br)S(C)(=O)=O. The minimum Gasteiger partial charge on any atom is -0.322 e. The highest BCUT2D eigenvalue weighted by Crippen LogP contribution is 2.32. The summed E-state index contributed by atoms with van der Waals surface area (Å²) in [6.07, 6.45) is 4.29. The molecule has 2 rings (SSSR count). The zero-order valence-electron chi connectivity index (χ0n) is 14.8. The van der Waals surface area contributed by atoms with E-state index in [9.17, 15) is 26.0 Å². The van der Waals surface area contributed by atoms with Crippen molar-refractivity contribution in [3.05, 3.63) is 64.4 Å². The van der Waals surface area contributed by atoms with E-state index in [0.29, 0.717) is 15.0 Å². The maximum absolute atomic E-state index is 12.9. The summed E-state index contributed by atoms with van der Waals surface area (Å²) in [6, 6.07) is 9.55. The van der Waals surface area contributed by atoms with Crippen molar-refractivity contribution in [1.29, 1.82) is 0 Å². The van der Waals surface area contributed by atoms with Gasteiger partial charge < -0.3 is 5.32 Å². The summed E-state index contributed by atoms with van der Waals surface area (Å²) in [7, 11) is -8.17. The summed E-state index contributed by atoms with van der Waals surface area (Å²) in [6.45, 7) is 0. The second-order valence-corrected chi connectivity index (χ2v) is 10.5. The van der Waals surface area contributed by atoms with Crippen LogP contribution in [0.4, 0.5) is 15.8 Å². The Balaban J connectivity index is 2.22. The largest absolute Gasteiger partial charge is 0.322 e. The molecule has 0 radical (unpaired) electrons. The van der Waals surface area contributed by atoms with Crippen molar-refractivity contribution < 1.29 is 26.0 Å². The van der Waals surface area contributed by atoms with Crippen LogP contribution in [-0.2, 0) is 24.8 Å². The molecule has 0 aliphatic rings. The number of hydrogen-bond acceptors (Lipinski definition) is 5. The zero-order chi connectivity index (χ0) is 21.1. The van der Waals surface area contributed by atoms with Gasteiger partial charge in [0.25, 0.3) is 0 Å². The van der Waals surface area contributed by atoms with Crippen LogP contribution in [0.1, 0.15) is 5.56 Å². The first-order chi connectivity index (χ1) is 12.9. The van der Waals surface area contributed by atoms with E-state index in [4.69, 9.17) is 0 Å². The molecule has 1 N–H and O–H groups in total. The number of rotatable bonds is 6. The van der Waals surface area contributed by atoms with Crippen LogP contribution in [0.3, 0.4) is 0 Å². The van der Waals surface area contributed by atoms with E-state index < -0.39 is 26.0 Å². The molecule has 0 aliphatic carbocycles. The lowest BCUT2D eigenvalue weighted by Gasteiger charge is -2.21. The van der Waals surface area contributed by atoms with E-state index in [1.165, 1.54) is 54.6 Å². The third-order valence-corrected chi connectivity index (χ3v) is 7.17. The Morgan fingerprint density at radius 2 is 1.61 bits per heavy atom. The summed E-state index contributed by atoms with van der Waals surface area (Å²) in [5, 5.41) is 2.56. The van der Waals surface area contributed by atoms with E-state index >= 15 is 0 Å². The van der Waals surface area contributed by atoms with Gasteiger partial charge in [-0.15, -0.1) is 0 Å². The van der Waals surface area contributed by atoms with Crippen LogP contribution in [0.25, 0.3) is 6.08 Å². The van der Waals surface area contributed by atoms with Crippen molar-refractivity contribution in [2.24, 2.45) is 0 Å². The summed E-state index contributed by atoms with van der Waals surface area (Å²) >= 11 is 3.13. The van der Waals surface area contributed by atoms with Gasteiger partial charge in [-0.2, -0.15) is 3.71 Å². The third kappa shape index (κ3) is 5.88. The molecule has 2 aromatic carbocycles. The van der Waals surface area contributed by atoms with Crippen LogP contribution < -0.4 is 9.03 Å². The normalized spacial score (nSPS) is 12.1. The van der Waals surface area contributed by atoms with E-state index in [1.54, 1.807) is 0 Å². The maximum atomic E-state index is 12.9. The number of hydrogen-bond donors (Lipinski definition) is 1. The Morgan fingerprint density at radius 3 is 2.11 bits per heavy atom. The summed E-state index contributed by atoms with van der Waals surface area (Å²) < 4.78 is 60.7. The standard InChI is InChI=1S/C17H16BrFN2O5S2/c1-27(23,24)21(28(2,25)26)16-9-8-14(11-15(16)18)20-17(22)10-5-12-3-6-13(19)7-4-12/h3-11H,1-2H3,(H,20,22)/b10-5+. The van der Waals surface area contributed by atoms with Crippen molar-refractivity contribution >= 4 is 59.3 Å². The first-order valence-corrected chi connectivity index (χ1v) is 12.1. The van der Waals surface area contributed by atoms with Gasteiger partial charge in [0.15, 0.2) is 0 Å². The number of carbonyl (C=O) groups is 1. The van der Waals surface area contributed by atoms with Crippen LogP contribution in [-0.4, -0.2) is 35.3 Å². The molecule has 1 amide bonds. The average Bonchev–Trinajstić information content (AvgIpc) is 2.54. The predicted octanol–water partition coefficient (Wildman–Crippen LogP) is 2.97. The molecular weight excluding hydrogens is 475 g/mol. The third-order valence-electron chi connectivity index (χ3n) is 3.31. The van der Waals surface area contributed by atoms with Gasteiger partial charge in [0.2, 0.25) is 26.0 Å². The van der Waals surface area contributed by atoms with Crippen LogP contribution in [0.5, 0.6) is 0 Å². The molecule has 0 saturated carbocycles. The van der Waals surface area contributed by atoms with E-state index in [-0.39, 0.29) is 16.0 Å². The molecule has 0 unspecified atom stereocenters. The van der Waals surface area contributed by atoms with Crippen LogP contribution in [0.2, 0.25) is 0 Å². The van der Waals surface area contributed by atoms with Gasteiger partial charge in [-0.3, -0.25) is 4.79 Å². The monoisotopic (exact) mass is 490 g/mol. The highest BCUT2D eigenvalue weighted by molar-refractivity contribution is 9.10. The van der Waals surface area contributed by atoms with E-state index in [2.05, 4.69) is 21.2 Å². The molecule has 0 aromatic heterocycles. The molecule has 28 heavy (non-hydrogen) atoms. The fourth-order valence-electron chi connectivity index (χ4n) is 2.27. The molecule has 0 saturated heterocycles. The van der Waals surface area contributed by atoms with Crippen LogP contribution in [0, 0.1) is 5.82 Å². The van der Waals surface area contributed by atoms with Gasteiger partial charge in [0.1, 0.15) is 5.82 Å². The number of anilines is 2. The molecular formula is C17H16BrFN2O5S2. The molecule has 2 aromatic rings. The molecule has 0 heterocycles. The van der Waals surface area contributed by atoms with Crippen molar-refractivity contribution in [3.8, 4) is 0 Å². The smallest absolute Gasteiger partial charge is 0.248 e. The fraction of sp³-hybridized carbons (Fsp3) is 0.118. The van der Waals surface area contributed by atoms with Crippen LogP contribution >= 0.6 is 15.9 Å². The Hall–Kier alpha value is -2.24. The lowest BCUT2D eigenvalue weighted by Crippen LogP contribution is -2.35. The van der Waals surface area contributed by atoms with Gasteiger partial charge in [-0.1, -0.05) is 12.1 Å². The van der Waals surface area contributed by atoms with Gasteiger partial charge >= 0.3 is 0 Å². The Morgan fingerprint density at radius 1 is 1.04 bits per heavy atom. The summed E-state index contributed by atoms with van der Waals surface area (Å²) in [5.41, 5.74) is 0.834. The fourth-order valence-corrected chi connectivity index (χ4v) is 6.06. The van der Waals surface area contributed by atoms with Gasteiger partial charge in [0, 0.05) is 16.2 Å². The minimum atomic E-state index is -4.09. The maximum Gasteiger partial charge on any atom is 0.248 e. The van der Waals surface area contributed by atoms with Gasteiger partial charge in [-0.25, -0.2) is 21.2 Å². The Bertz CT molecular complexity index is 1100. The second-order valence-electron chi connectivity index (χ2n) is 5.76. The molecule has 7 nitrogen and oxygen atoms in total. The van der Waals surface area contributed by atoms with Crippen molar-refractivity contribution in [3.63, 3.8) is 0 Å². The number of sulfonamides is 2. The number of carbonyl (C=O) groups excluding carboxylic acids is 1. The predicted molar refractivity (Wildman–Crippen MR) is 110 cm³/mol. The summed E-state index contributed by atoms with van der Waals surface area (Å²) in [5.74, 6) is -0.865. The summed E-state index contributed by atoms with van der Waals surface area (Å²) in [4.78, 5) is 12.0. The Kier molecular flexibility index (Phi) is 6.63. The minimum absolute atomic E-state index is 0.107. The number of benzene rings is 2. The zero-order valence-corrected chi connectivity index (χ0v) is 18.0. The van der Waals surface area contributed by atoms with Crippen molar-refractivity contribution in [2.75, 3.05) is 21.5 Å². The highest BCUT2D eigenvalue weighted by atomic mass is 79.9. The highest BCUT2D eigenvalue weighted by Gasteiger charge is 2.29. The number of nitrogens with zero attached hydrogens (tertiary/aromatic N) is 1. The molecule has 0 atom stereocenters. The van der Waals surface area contributed by atoms with Gasteiger partial charge in [0.05, 0.1) is 18.2 Å². The molecule has 11 heteroatoms. The first-order valence-electron chi connectivity index (χ1n) is 7.62. The number of halogens is 2. The van der Waals surface area contributed by atoms with Crippen LogP contribution in [0.15, 0.2) is 53.0 Å². The molecule has 150 valence electrons. The average molecular weight is 491 g/mol. The quantitative estimate of drug-likeness (QED) is 0.627. The van der Waals surface area contributed by atoms with Gasteiger partial charge in [-0.05, 0) is 57.9 Å². The lowest BCUT2D eigenvalue weighted by molar-refractivity contribution is -0.111. The van der Waals surface area contributed by atoms with Crippen molar-refractivity contribution in [2.45, 2.75) is 0 Å². The first kappa shape index (κ1) is 22.1.